The molecule has 0 aromatic carbocycles. The highest BCUT2D eigenvalue weighted by Gasteiger charge is 2.22. The third-order valence-electron chi connectivity index (χ3n) is 3.19. The van der Waals surface area contributed by atoms with Gasteiger partial charge in [0.1, 0.15) is 6.04 Å². The van der Waals surface area contributed by atoms with Crippen molar-refractivity contribution >= 4 is 22.4 Å². The molecule has 1 heterocycles. The van der Waals surface area contributed by atoms with Crippen molar-refractivity contribution in [2.75, 3.05) is 25.1 Å². The standard InChI is InChI=1S/C14H25N3O2S/c1-6-17(7-2)14-16-9-11(20-14)8-15-12(10(3)4)13(18)19-5/h9-10,12,15H,6-8H2,1-5H3. The van der Waals surface area contributed by atoms with Gasteiger partial charge in [-0.3, -0.25) is 10.1 Å². The van der Waals surface area contributed by atoms with Gasteiger partial charge in [0, 0.05) is 30.7 Å². The van der Waals surface area contributed by atoms with Gasteiger partial charge in [-0.2, -0.15) is 0 Å². The number of rotatable bonds is 8. The highest BCUT2D eigenvalue weighted by atomic mass is 32.1. The minimum absolute atomic E-state index is 0.192. The Morgan fingerprint density at radius 2 is 2.10 bits per heavy atom. The minimum atomic E-state index is -0.279. The Morgan fingerprint density at radius 1 is 1.45 bits per heavy atom. The van der Waals surface area contributed by atoms with E-state index in [9.17, 15) is 4.79 Å². The molecule has 0 spiro atoms. The predicted molar refractivity (Wildman–Crippen MR) is 83.2 cm³/mol. The molecule has 1 unspecified atom stereocenters. The lowest BCUT2D eigenvalue weighted by atomic mass is 10.0. The third-order valence-corrected chi connectivity index (χ3v) is 4.25. The minimum Gasteiger partial charge on any atom is -0.468 e. The Labute approximate surface area is 125 Å². The maximum atomic E-state index is 11.7. The van der Waals surface area contributed by atoms with Gasteiger partial charge >= 0.3 is 5.97 Å². The van der Waals surface area contributed by atoms with Crippen LogP contribution in [0.4, 0.5) is 5.13 Å². The zero-order chi connectivity index (χ0) is 15.1. The number of nitrogens with zero attached hydrogens (tertiary/aromatic N) is 2. The van der Waals surface area contributed by atoms with Crippen LogP contribution in [-0.2, 0) is 16.1 Å². The first-order valence-corrected chi connectivity index (χ1v) is 7.85. The monoisotopic (exact) mass is 299 g/mol. The highest BCUT2D eigenvalue weighted by Crippen LogP contribution is 2.22. The molecule has 0 saturated carbocycles. The van der Waals surface area contributed by atoms with Gasteiger partial charge in [-0.15, -0.1) is 11.3 Å². The number of hydrogen-bond acceptors (Lipinski definition) is 6. The summed E-state index contributed by atoms with van der Waals surface area (Å²) in [6, 6.07) is -0.279. The van der Waals surface area contributed by atoms with E-state index in [0.717, 1.165) is 23.1 Å². The number of nitrogens with one attached hydrogen (secondary N) is 1. The van der Waals surface area contributed by atoms with E-state index in [2.05, 4.69) is 29.0 Å². The fourth-order valence-electron chi connectivity index (χ4n) is 1.95. The predicted octanol–water partition coefficient (Wildman–Crippen LogP) is 2.28. The van der Waals surface area contributed by atoms with Crippen LogP contribution < -0.4 is 10.2 Å². The number of thiazole rings is 1. The van der Waals surface area contributed by atoms with E-state index >= 15 is 0 Å². The van der Waals surface area contributed by atoms with E-state index in [-0.39, 0.29) is 17.9 Å². The Kier molecular flexibility index (Phi) is 6.95. The summed E-state index contributed by atoms with van der Waals surface area (Å²) in [5.74, 6) is -0.0221. The molecule has 114 valence electrons. The summed E-state index contributed by atoms with van der Waals surface area (Å²) in [5.41, 5.74) is 0. The van der Waals surface area contributed by atoms with Crippen molar-refractivity contribution in [1.82, 2.24) is 10.3 Å². The number of ether oxygens (including phenoxy) is 1. The normalized spacial score (nSPS) is 12.5. The summed E-state index contributed by atoms with van der Waals surface area (Å²) in [4.78, 5) is 19.5. The van der Waals surface area contributed by atoms with E-state index in [4.69, 9.17) is 4.74 Å². The van der Waals surface area contributed by atoms with E-state index in [1.807, 2.05) is 20.0 Å². The van der Waals surface area contributed by atoms with Crippen LogP contribution in [0.3, 0.4) is 0 Å². The number of aromatic nitrogens is 1. The Morgan fingerprint density at radius 3 is 2.60 bits per heavy atom. The molecule has 0 radical (unpaired) electrons. The molecule has 6 heteroatoms. The lowest BCUT2D eigenvalue weighted by Gasteiger charge is -2.19. The topological polar surface area (TPSA) is 54.5 Å². The maximum absolute atomic E-state index is 11.7. The SMILES string of the molecule is CCN(CC)c1ncc(CNC(C(=O)OC)C(C)C)s1. The van der Waals surface area contributed by atoms with E-state index in [1.54, 1.807) is 11.3 Å². The summed E-state index contributed by atoms with van der Waals surface area (Å²) >= 11 is 1.66. The van der Waals surface area contributed by atoms with Crippen molar-refractivity contribution in [3.8, 4) is 0 Å². The van der Waals surface area contributed by atoms with Crippen LogP contribution in [0.15, 0.2) is 6.20 Å². The summed E-state index contributed by atoms with van der Waals surface area (Å²) in [6.45, 7) is 10.8. The lowest BCUT2D eigenvalue weighted by Crippen LogP contribution is -2.41. The van der Waals surface area contributed by atoms with Gasteiger partial charge in [-0.25, -0.2) is 4.98 Å². The third kappa shape index (κ3) is 4.45. The molecule has 1 N–H and O–H groups in total. The van der Waals surface area contributed by atoms with Gasteiger partial charge < -0.3 is 9.64 Å². The smallest absolute Gasteiger partial charge is 0.323 e. The van der Waals surface area contributed by atoms with Gasteiger partial charge in [-0.05, 0) is 19.8 Å². The van der Waals surface area contributed by atoms with E-state index < -0.39 is 0 Å². The van der Waals surface area contributed by atoms with Gasteiger partial charge in [-0.1, -0.05) is 13.8 Å². The van der Waals surface area contributed by atoms with Crippen LogP contribution in [0.1, 0.15) is 32.6 Å². The maximum Gasteiger partial charge on any atom is 0.323 e. The van der Waals surface area contributed by atoms with Crippen LogP contribution in [0.2, 0.25) is 0 Å². The van der Waals surface area contributed by atoms with E-state index in [0.29, 0.717) is 6.54 Å². The number of carbonyl (C=O) groups excluding carboxylic acids is 1. The van der Waals surface area contributed by atoms with Crippen molar-refractivity contribution in [2.45, 2.75) is 40.3 Å². The van der Waals surface area contributed by atoms with Crippen molar-refractivity contribution in [3.05, 3.63) is 11.1 Å². The fraction of sp³-hybridized carbons (Fsp3) is 0.714. The molecule has 0 aliphatic carbocycles. The van der Waals surface area contributed by atoms with E-state index in [1.165, 1.54) is 7.11 Å². The molecule has 5 nitrogen and oxygen atoms in total. The zero-order valence-corrected chi connectivity index (χ0v) is 13.8. The molecule has 0 saturated heterocycles. The summed E-state index contributed by atoms with van der Waals surface area (Å²) < 4.78 is 4.82. The van der Waals surface area contributed by atoms with Gasteiger partial charge in [0.05, 0.1) is 7.11 Å². The zero-order valence-electron chi connectivity index (χ0n) is 13.0. The van der Waals surface area contributed by atoms with Gasteiger partial charge in [0.15, 0.2) is 5.13 Å². The molecular formula is C14H25N3O2S. The van der Waals surface area contributed by atoms with Crippen molar-refractivity contribution in [2.24, 2.45) is 5.92 Å². The van der Waals surface area contributed by atoms with Crippen molar-refractivity contribution in [1.29, 1.82) is 0 Å². The Hall–Kier alpha value is -1.14. The van der Waals surface area contributed by atoms with Crippen LogP contribution >= 0.6 is 11.3 Å². The largest absolute Gasteiger partial charge is 0.468 e. The second-order valence-electron chi connectivity index (χ2n) is 4.91. The van der Waals surface area contributed by atoms with Crippen molar-refractivity contribution in [3.63, 3.8) is 0 Å². The number of anilines is 1. The van der Waals surface area contributed by atoms with Crippen LogP contribution in [-0.4, -0.2) is 37.2 Å². The van der Waals surface area contributed by atoms with Crippen LogP contribution in [0.5, 0.6) is 0 Å². The summed E-state index contributed by atoms with van der Waals surface area (Å²) in [6.07, 6.45) is 1.87. The van der Waals surface area contributed by atoms with Crippen LogP contribution in [0.25, 0.3) is 0 Å². The molecule has 1 atom stereocenters. The Balaban J connectivity index is 2.63. The molecule has 1 aromatic rings. The molecule has 1 rings (SSSR count). The second kappa shape index (κ2) is 8.21. The fourth-order valence-corrected chi connectivity index (χ4v) is 2.94. The second-order valence-corrected chi connectivity index (χ2v) is 6.00. The number of carbonyl (C=O) groups is 1. The van der Waals surface area contributed by atoms with Crippen molar-refractivity contribution < 1.29 is 9.53 Å². The number of methoxy groups -OCH3 is 1. The quantitative estimate of drug-likeness (QED) is 0.746. The molecule has 0 fully saturated rings. The summed E-state index contributed by atoms with van der Waals surface area (Å²) in [7, 11) is 1.42. The molecular weight excluding hydrogens is 274 g/mol. The van der Waals surface area contributed by atoms with Gasteiger partial charge in [0.2, 0.25) is 0 Å². The molecule has 20 heavy (non-hydrogen) atoms. The Bertz CT molecular complexity index is 416. The number of esters is 1. The molecule has 0 amide bonds. The number of hydrogen-bond donors (Lipinski definition) is 1. The first-order valence-electron chi connectivity index (χ1n) is 7.04. The van der Waals surface area contributed by atoms with Crippen LogP contribution in [0, 0.1) is 5.92 Å². The highest BCUT2D eigenvalue weighted by molar-refractivity contribution is 7.15. The summed E-state index contributed by atoms with van der Waals surface area (Å²) in [5, 5.41) is 4.29. The average molecular weight is 299 g/mol. The molecule has 0 bridgehead atoms. The molecule has 0 aliphatic rings. The molecule has 1 aromatic heterocycles. The first kappa shape index (κ1) is 16.9. The lowest BCUT2D eigenvalue weighted by molar-refractivity contribution is -0.144. The first-order chi connectivity index (χ1) is 9.53. The molecule has 0 aliphatic heterocycles. The average Bonchev–Trinajstić information content (AvgIpc) is 2.88. The van der Waals surface area contributed by atoms with Gasteiger partial charge in [0.25, 0.3) is 0 Å².